The Morgan fingerprint density at radius 1 is 1.36 bits per heavy atom. The largest absolute Gasteiger partial charge is 0.391 e. The lowest BCUT2D eigenvalue weighted by Crippen LogP contribution is -2.31. The third kappa shape index (κ3) is 3.05. The Morgan fingerprint density at radius 2 is 2.23 bits per heavy atom. The zero-order chi connectivity index (χ0) is 15.5. The normalized spacial score (nSPS) is 19.7. The monoisotopic (exact) mass is 319 g/mol. The molecule has 116 valence electrons. The number of rotatable bonds is 2. The van der Waals surface area contributed by atoms with E-state index in [4.69, 9.17) is 11.6 Å². The standard InChI is InChI=1S/C16H18ClN3O2/c17-11-5-1-2-6-12(9-11)18-15-13(10-21)16(22)20-8-4-3-7-14(20)19-15/h1,5,9,21H,2-4,6-8,10H2. The van der Waals surface area contributed by atoms with Gasteiger partial charge in [-0.2, -0.15) is 0 Å². The first-order chi connectivity index (χ1) is 10.7. The summed E-state index contributed by atoms with van der Waals surface area (Å²) in [5, 5.41) is 10.2. The Kier molecular flexibility index (Phi) is 4.55. The molecule has 0 radical (unpaired) electrons. The molecule has 22 heavy (non-hydrogen) atoms. The van der Waals surface area contributed by atoms with Crippen molar-refractivity contribution in [1.29, 1.82) is 0 Å². The predicted octanol–water partition coefficient (Wildman–Crippen LogP) is 2.62. The van der Waals surface area contributed by atoms with Crippen molar-refractivity contribution < 1.29 is 5.11 Å². The van der Waals surface area contributed by atoms with E-state index in [-0.39, 0.29) is 17.7 Å². The van der Waals surface area contributed by atoms with Gasteiger partial charge in [-0.15, -0.1) is 0 Å². The van der Waals surface area contributed by atoms with Crippen molar-refractivity contribution in [3.05, 3.63) is 45.0 Å². The van der Waals surface area contributed by atoms with Gasteiger partial charge < -0.3 is 5.11 Å². The van der Waals surface area contributed by atoms with E-state index in [9.17, 15) is 9.90 Å². The second kappa shape index (κ2) is 6.58. The van der Waals surface area contributed by atoms with Crippen molar-refractivity contribution in [3.63, 3.8) is 0 Å². The summed E-state index contributed by atoms with van der Waals surface area (Å²) in [6.45, 7) is 0.314. The lowest BCUT2D eigenvalue weighted by molar-refractivity contribution is 0.278. The summed E-state index contributed by atoms with van der Waals surface area (Å²) >= 11 is 6.06. The maximum Gasteiger partial charge on any atom is 0.261 e. The van der Waals surface area contributed by atoms with Gasteiger partial charge in [0.1, 0.15) is 5.82 Å². The molecule has 1 aromatic heterocycles. The van der Waals surface area contributed by atoms with E-state index in [0.29, 0.717) is 17.4 Å². The SMILES string of the molecule is O=c1c(CO)c(N=C2C=C(Cl)C=CCC2)nc2n1CCCC2. The van der Waals surface area contributed by atoms with Gasteiger partial charge >= 0.3 is 0 Å². The van der Waals surface area contributed by atoms with E-state index >= 15 is 0 Å². The van der Waals surface area contributed by atoms with Crippen LogP contribution < -0.4 is 5.56 Å². The van der Waals surface area contributed by atoms with Gasteiger partial charge in [0.25, 0.3) is 5.56 Å². The molecule has 0 atom stereocenters. The molecule has 1 N–H and O–H groups in total. The molecule has 0 saturated carbocycles. The summed E-state index contributed by atoms with van der Waals surface area (Å²) in [5.41, 5.74) is 0.866. The number of aromatic nitrogens is 2. The molecule has 0 saturated heterocycles. The van der Waals surface area contributed by atoms with Gasteiger partial charge in [0.05, 0.1) is 12.2 Å². The topological polar surface area (TPSA) is 67.5 Å². The highest BCUT2D eigenvalue weighted by atomic mass is 35.5. The lowest BCUT2D eigenvalue weighted by Gasteiger charge is -2.18. The predicted molar refractivity (Wildman–Crippen MR) is 86.8 cm³/mol. The van der Waals surface area contributed by atoms with E-state index in [1.807, 2.05) is 12.2 Å². The number of nitrogens with zero attached hydrogens (tertiary/aromatic N) is 3. The minimum atomic E-state index is -0.353. The molecule has 2 aliphatic rings. The second-order valence-electron chi connectivity index (χ2n) is 5.48. The van der Waals surface area contributed by atoms with Crippen LogP contribution in [-0.4, -0.2) is 20.4 Å². The van der Waals surface area contributed by atoms with Crippen LogP contribution in [0.1, 0.15) is 37.1 Å². The van der Waals surface area contributed by atoms with Crippen LogP contribution in [0.25, 0.3) is 0 Å². The number of allylic oxidation sites excluding steroid dienone is 4. The number of hydrogen-bond donors (Lipinski definition) is 1. The van der Waals surface area contributed by atoms with Gasteiger partial charge in [0.2, 0.25) is 0 Å². The van der Waals surface area contributed by atoms with Crippen molar-refractivity contribution >= 4 is 23.1 Å². The molecule has 0 spiro atoms. The maximum atomic E-state index is 12.5. The molecule has 2 heterocycles. The zero-order valence-corrected chi connectivity index (χ0v) is 13.0. The Hall–Kier alpha value is -1.72. The molecular formula is C16H18ClN3O2. The fourth-order valence-electron chi connectivity index (χ4n) is 2.76. The van der Waals surface area contributed by atoms with E-state index in [2.05, 4.69) is 9.98 Å². The van der Waals surface area contributed by atoms with Crippen molar-refractivity contribution in [1.82, 2.24) is 9.55 Å². The molecular weight excluding hydrogens is 302 g/mol. The van der Waals surface area contributed by atoms with Gasteiger partial charge in [-0.05, 0) is 37.8 Å². The van der Waals surface area contributed by atoms with Crippen LogP contribution in [-0.2, 0) is 19.6 Å². The van der Waals surface area contributed by atoms with Crippen LogP contribution in [0.15, 0.2) is 33.0 Å². The Morgan fingerprint density at radius 3 is 3.05 bits per heavy atom. The molecule has 3 rings (SSSR count). The zero-order valence-electron chi connectivity index (χ0n) is 12.3. The number of aliphatic hydroxyl groups excluding tert-OH is 1. The van der Waals surface area contributed by atoms with Crippen LogP contribution in [0.4, 0.5) is 5.82 Å². The molecule has 5 nitrogen and oxygen atoms in total. The third-order valence-electron chi connectivity index (χ3n) is 3.91. The summed E-state index contributed by atoms with van der Waals surface area (Å²) in [7, 11) is 0. The average molecular weight is 320 g/mol. The van der Waals surface area contributed by atoms with Gasteiger partial charge in [-0.25, -0.2) is 9.98 Å². The minimum Gasteiger partial charge on any atom is -0.391 e. The maximum absolute atomic E-state index is 12.5. The number of aliphatic imine (C=N–C) groups is 1. The van der Waals surface area contributed by atoms with Crippen molar-refractivity contribution in [2.75, 3.05) is 0 Å². The quantitative estimate of drug-likeness (QED) is 0.911. The Balaban J connectivity index is 2.09. The van der Waals surface area contributed by atoms with Crippen LogP contribution >= 0.6 is 11.6 Å². The number of fused-ring (bicyclic) bond motifs is 1. The smallest absolute Gasteiger partial charge is 0.261 e. The van der Waals surface area contributed by atoms with Gasteiger partial charge in [-0.1, -0.05) is 17.7 Å². The fraction of sp³-hybridized carbons (Fsp3) is 0.438. The van der Waals surface area contributed by atoms with Crippen molar-refractivity contribution in [2.45, 2.75) is 45.3 Å². The lowest BCUT2D eigenvalue weighted by atomic mass is 10.1. The first kappa shape index (κ1) is 15.2. The number of halogens is 1. The highest BCUT2D eigenvalue weighted by Crippen LogP contribution is 2.21. The summed E-state index contributed by atoms with van der Waals surface area (Å²) in [6, 6.07) is 0. The van der Waals surface area contributed by atoms with Crippen LogP contribution in [0, 0.1) is 0 Å². The molecule has 6 heteroatoms. The van der Waals surface area contributed by atoms with Crippen LogP contribution in [0.2, 0.25) is 0 Å². The Bertz CT molecular complexity index is 732. The molecule has 0 bridgehead atoms. The van der Waals surface area contributed by atoms with Gasteiger partial charge in [-0.3, -0.25) is 9.36 Å². The number of aryl methyl sites for hydroxylation is 1. The van der Waals surface area contributed by atoms with Crippen molar-refractivity contribution in [3.8, 4) is 0 Å². The van der Waals surface area contributed by atoms with Crippen LogP contribution in [0.3, 0.4) is 0 Å². The molecule has 0 fully saturated rings. The molecule has 0 unspecified atom stereocenters. The second-order valence-corrected chi connectivity index (χ2v) is 5.91. The van der Waals surface area contributed by atoms with E-state index in [1.54, 1.807) is 10.6 Å². The van der Waals surface area contributed by atoms with Gasteiger partial charge in [0.15, 0.2) is 5.82 Å². The molecule has 1 aliphatic carbocycles. The fourth-order valence-corrected chi connectivity index (χ4v) is 2.98. The third-order valence-corrected chi connectivity index (χ3v) is 4.14. The van der Waals surface area contributed by atoms with Crippen LogP contribution in [0.5, 0.6) is 0 Å². The summed E-state index contributed by atoms with van der Waals surface area (Å²) in [5.74, 6) is 1.09. The van der Waals surface area contributed by atoms with Crippen molar-refractivity contribution in [2.24, 2.45) is 4.99 Å². The minimum absolute atomic E-state index is 0.173. The molecule has 0 amide bonds. The first-order valence-electron chi connectivity index (χ1n) is 7.54. The number of aliphatic hydroxyl groups is 1. The molecule has 0 aromatic carbocycles. The number of hydrogen-bond acceptors (Lipinski definition) is 4. The first-order valence-corrected chi connectivity index (χ1v) is 7.91. The summed E-state index contributed by atoms with van der Waals surface area (Å²) < 4.78 is 1.66. The van der Waals surface area contributed by atoms with E-state index < -0.39 is 0 Å². The van der Waals surface area contributed by atoms with E-state index in [1.165, 1.54) is 0 Å². The molecule has 1 aromatic rings. The summed E-state index contributed by atoms with van der Waals surface area (Å²) in [6.07, 6.45) is 9.95. The average Bonchev–Trinajstić information content (AvgIpc) is 2.72. The highest BCUT2D eigenvalue weighted by molar-refractivity contribution is 6.33. The van der Waals surface area contributed by atoms with Gasteiger partial charge in [0, 0.05) is 23.7 Å². The summed E-state index contributed by atoms with van der Waals surface area (Å²) in [4.78, 5) is 21.5. The molecule has 1 aliphatic heterocycles. The highest BCUT2D eigenvalue weighted by Gasteiger charge is 2.18. The van der Waals surface area contributed by atoms with E-state index in [0.717, 1.165) is 43.6 Å². The Labute approximate surface area is 133 Å².